The van der Waals surface area contributed by atoms with Gasteiger partial charge in [-0.15, -0.1) is 0 Å². The molecule has 1 spiro atoms. The van der Waals surface area contributed by atoms with Crippen molar-refractivity contribution in [3.63, 3.8) is 0 Å². The Morgan fingerprint density at radius 1 is 0.831 bits per heavy atom. The maximum atomic E-state index is 14.0. The van der Waals surface area contributed by atoms with Gasteiger partial charge in [0.15, 0.2) is 0 Å². The fourth-order valence-corrected chi connectivity index (χ4v) is 7.77. The highest BCUT2D eigenvalue weighted by Gasteiger charge is 2.71. The van der Waals surface area contributed by atoms with Gasteiger partial charge in [-0.25, -0.2) is 4.79 Å². The quantitative estimate of drug-likeness (QED) is 0.0913. The molecule has 2 aromatic carbocycles. The van der Waals surface area contributed by atoms with Crippen molar-refractivity contribution in [1.29, 1.82) is 0 Å². The first-order valence-electron chi connectivity index (χ1n) is 18.6. The summed E-state index contributed by atoms with van der Waals surface area (Å²) in [5.41, 5.74) is -3.24. The summed E-state index contributed by atoms with van der Waals surface area (Å²) in [6.07, 6.45) is -10.2. The average Bonchev–Trinajstić information content (AvgIpc) is 3.73. The zero-order valence-corrected chi connectivity index (χ0v) is 31.3. The summed E-state index contributed by atoms with van der Waals surface area (Å²) in [6, 6.07) is 13.7. The molecular weight excluding hydrogens is 797 g/mol. The van der Waals surface area contributed by atoms with Crippen molar-refractivity contribution in [2.45, 2.75) is 51.3 Å². The molecule has 0 N–H and O–H groups in total. The smallest absolute Gasteiger partial charge is 0.416 e. The van der Waals surface area contributed by atoms with Gasteiger partial charge >= 0.3 is 24.5 Å². The molecule has 312 valence electrons. The van der Waals surface area contributed by atoms with E-state index in [0.29, 0.717) is 22.5 Å². The third kappa shape index (κ3) is 8.44. The summed E-state index contributed by atoms with van der Waals surface area (Å²) in [5.74, 6) is -2.92. The van der Waals surface area contributed by atoms with E-state index in [9.17, 15) is 53.9 Å². The number of pyridine rings is 1. The van der Waals surface area contributed by atoms with E-state index < -0.39 is 64.2 Å². The van der Waals surface area contributed by atoms with Crippen LogP contribution in [-0.2, 0) is 39.6 Å². The molecule has 1 atom stereocenters. The molecule has 7 rings (SSSR count). The van der Waals surface area contributed by atoms with E-state index >= 15 is 0 Å². The third-order valence-electron chi connectivity index (χ3n) is 11.1. The topological polar surface area (TPSA) is 97.6 Å². The number of hydrogen-bond donors (Lipinski definition) is 0. The lowest BCUT2D eigenvalue weighted by Crippen LogP contribution is -2.64. The van der Waals surface area contributed by atoms with Crippen LogP contribution in [0.3, 0.4) is 0 Å². The van der Waals surface area contributed by atoms with E-state index in [0.717, 1.165) is 29.2 Å². The highest BCUT2D eigenvalue weighted by molar-refractivity contribution is 5.94. The minimum Gasteiger partial charge on any atom is -0.463 e. The summed E-state index contributed by atoms with van der Waals surface area (Å²) in [6.45, 7) is 1.40. The molecule has 0 bridgehead atoms. The number of ether oxygens (including phenoxy) is 1. The molecule has 4 heterocycles. The number of likely N-dealkylation sites (tertiary alicyclic amines) is 2. The number of nitrogens with zero attached hydrogens (tertiary/aromatic N) is 5. The van der Waals surface area contributed by atoms with Gasteiger partial charge in [0.2, 0.25) is 5.91 Å². The molecule has 2 saturated heterocycles. The van der Waals surface area contributed by atoms with E-state index in [1.165, 1.54) is 46.2 Å². The van der Waals surface area contributed by atoms with Crippen molar-refractivity contribution in [1.82, 2.24) is 24.6 Å². The van der Waals surface area contributed by atoms with Crippen molar-refractivity contribution in [3.05, 3.63) is 119 Å². The molecule has 1 saturated carbocycles. The second kappa shape index (κ2) is 15.2. The Bertz CT molecular complexity index is 2250. The number of esters is 1. The predicted molar refractivity (Wildman–Crippen MR) is 192 cm³/mol. The van der Waals surface area contributed by atoms with Crippen molar-refractivity contribution in [2.75, 3.05) is 32.8 Å². The van der Waals surface area contributed by atoms with Crippen LogP contribution in [0.15, 0.2) is 90.8 Å². The molecule has 3 aliphatic rings. The van der Waals surface area contributed by atoms with Gasteiger partial charge in [0, 0.05) is 67.0 Å². The Balaban J connectivity index is 1.15. The zero-order valence-electron chi connectivity index (χ0n) is 31.3. The highest BCUT2D eigenvalue weighted by atomic mass is 19.4. The van der Waals surface area contributed by atoms with Gasteiger partial charge in [-0.2, -0.15) is 44.6 Å². The maximum Gasteiger partial charge on any atom is 0.416 e. The van der Waals surface area contributed by atoms with Crippen LogP contribution in [0.5, 0.6) is 0 Å². The molecule has 9 nitrogen and oxygen atoms in total. The van der Waals surface area contributed by atoms with Gasteiger partial charge in [-0.1, -0.05) is 36.4 Å². The number of aromatic nitrogens is 3. The van der Waals surface area contributed by atoms with E-state index in [2.05, 4.69) is 10.1 Å². The minimum atomic E-state index is -4.73. The van der Waals surface area contributed by atoms with Gasteiger partial charge in [-0.3, -0.25) is 19.3 Å². The molecule has 0 radical (unpaired) electrons. The number of rotatable bonds is 10. The number of hydrogen-bond acceptors (Lipinski definition) is 6. The first-order chi connectivity index (χ1) is 27.7. The van der Waals surface area contributed by atoms with E-state index in [1.54, 1.807) is 31.2 Å². The Morgan fingerprint density at radius 3 is 2.02 bits per heavy atom. The van der Waals surface area contributed by atoms with Crippen LogP contribution >= 0.6 is 0 Å². The number of carbonyl (C=O) groups is 3. The lowest BCUT2D eigenvalue weighted by molar-refractivity contribution is -0.205. The number of benzene rings is 2. The van der Waals surface area contributed by atoms with Crippen molar-refractivity contribution < 1.29 is 58.6 Å². The molecular formula is C41H36F9N5O4. The summed E-state index contributed by atoms with van der Waals surface area (Å²) in [5, 5.41) is 4.20. The molecule has 3 fully saturated rings. The first-order valence-corrected chi connectivity index (χ1v) is 18.6. The maximum absolute atomic E-state index is 14.0. The minimum absolute atomic E-state index is 0.00269. The Hall–Kier alpha value is -5.68. The zero-order chi connectivity index (χ0) is 42.5. The van der Waals surface area contributed by atoms with Crippen LogP contribution in [0.25, 0.3) is 11.3 Å². The SMILES string of the molecule is CCOC(=O)/C(=C\C1CN(C(=O)c2cnn(Cc3ccc(C(F)(F)F)cc3)c2)CC12CN(C(=O)C1(C(F)(F)F)CC1)C2)Cc1cccc(-c2ccc(C(F)(F)F)cc2)n1. The normalized spacial score (nSPS) is 18.8. The second-order valence-corrected chi connectivity index (χ2v) is 15.2. The molecule has 1 unspecified atom stereocenters. The summed E-state index contributed by atoms with van der Waals surface area (Å²) >= 11 is 0. The number of halogens is 9. The lowest BCUT2D eigenvalue weighted by atomic mass is 9.70. The molecule has 4 aromatic rings. The number of amides is 2. The standard InChI is InChI=1S/C41H36F9N5O4/c1-2-59-35(57)27(17-32-4-3-5-33(52-32)26-8-12-30(13-9-26)40(45,46)47)16-31-21-53(22-37(31)23-54(24-37)36(58)38(14-15-38)41(48,49)50)34(56)28-18-51-55(20-28)19-25-6-10-29(11-7-25)39(42,43)44/h3-13,16,18,20,31H,2,14-15,17,19,21-24H2,1H3/b27-16-. The van der Waals surface area contributed by atoms with Crippen LogP contribution in [0, 0.1) is 16.7 Å². The molecule has 2 aliphatic heterocycles. The third-order valence-corrected chi connectivity index (χ3v) is 11.1. The van der Waals surface area contributed by atoms with E-state index in [-0.39, 0.29) is 69.7 Å². The summed E-state index contributed by atoms with van der Waals surface area (Å²) < 4.78 is 127. The highest BCUT2D eigenvalue weighted by Crippen LogP contribution is 2.60. The van der Waals surface area contributed by atoms with E-state index in [4.69, 9.17) is 4.74 Å². The van der Waals surface area contributed by atoms with Crippen LogP contribution < -0.4 is 0 Å². The average molecular weight is 834 g/mol. The van der Waals surface area contributed by atoms with Gasteiger partial charge in [0.05, 0.1) is 41.7 Å². The molecule has 1 aliphatic carbocycles. The van der Waals surface area contributed by atoms with E-state index in [1.807, 2.05) is 0 Å². The summed E-state index contributed by atoms with van der Waals surface area (Å²) in [7, 11) is 0. The predicted octanol–water partition coefficient (Wildman–Crippen LogP) is 8.01. The van der Waals surface area contributed by atoms with Crippen LogP contribution in [-0.4, -0.2) is 81.3 Å². The largest absolute Gasteiger partial charge is 0.463 e. The Labute approximate surface area is 331 Å². The first kappa shape index (κ1) is 41.5. The van der Waals surface area contributed by atoms with Crippen LogP contribution in [0.2, 0.25) is 0 Å². The van der Waals surface area contributed by atoms with Crippen LogP contribution in [0.4, 0.5) is 39.5 Å². The van der Waals surface area contributed by atoms with Gasteiger partial charge in [0.25, 0.3) is 5.91 Å². The molecule has 2 aromatic heterocycles. The monoisotopic (exact) mass is 833 g/mol. The Kier molecular flexibility index (Phi) is 10.7. The summed E-state index contributed by atoms with van der Waals surface area (Å²) in [4.78, 5) is 47.8. The second-order valence-electron chi connectivity index (χ2n) is 15.2. The molecule has 18 heteroatoms. The van der Waals surface area contributed by atoms with Crippen molar-refractivity contribution in [3.8, 4) is 11.3 Å². The van der Waals surface area contributed by atoms with Gasteiger partial charge in [-0.05, 0) is 61.7 Å². The van der Waals surface area contributed by atoms with Crippen LogP contribution in [0.1, 0.15) is 52.5 Å². The molecule has 2 amide bonds. The fourth-order valence-electron chi connectivity index (χ4n) is 7.77. The van der Waals surface area contributed by atoms with Gasteiger partial charge < -0.3 is 14.5 Å². The van der Waals surface area contributed by atoms with Gasteiger partial charge in [0.1, 0.15) is 5.41 Å². The van der Waals surface area contributed by atoms with Crippen molar-refractivity contribution >= 4 is 17.8 Å². The Morgan fingerprint density at radius 2 is 1.44 bits per heavy atom. The number of carbonyl (C=O) groups excluding carboxylic acids is 3. The number of alkyl halides is 9. The van der Waals surface area contributed by atoms with Crippen molar-refractivity contribution in [2.24, 2.45) is 16.7 Å². The molecule has 59 heavy (non-hydrogen) atoms. The lowest BCUT2D eigenvalue weighted by Gasteiger charge is -2.51. The fraction of sp³-hybridized carbons (Fsp3) is 0.390.